The number of halogens is 1. The van der Waals surface area contributed by atoms with Crippen molar-refractivity contribution in [3.05, 3.63) is 58.4 Å². The number of aliphatic carboxylic acids is 1. The normalized spacial score (nSPS) is 19.1. The summed E-state index contributed by atoms with van der Waals surface area (Å²) in [6.45, 7) is 4.24. The van der Waals surface area contributed by atoms with Gasteiger partial charge in [0.05, 0.1) is 29.5 Å². The molecule has 3 rings (SSSR count). The van der Waals surface area contributed by atoms with Gasteiger partial charge in [0.1, 0.15) is 0 Å². The van der Waals surface area contributed by atoms with Crippen molar-refractivity contribution in [2.24, 2.45) is 11.8 Å². The van der Waals surface area contributed by atoms with E-state index in [1.165, 1.54) is 0 Å². The zero-order valence-electron chi connectivity index (χ0n) is 15.2. The number of hydrogen-bond donors (Lipinski definition) is 1. The average Bonchev–Trinajstić information content (AvgIpc) is 2.91. The summed E-state index contributed by atoms with van der Waals surface area (Å²) in [5.74, 6) is -2.95. The lowest BCUT2D eigenvalue weighted by molar-refractivity contribution is -0.313. The first-order valence-corrected chi connectivity index (χ1v) is 9.19. The molecule has 0 saturated heterocycles. The summed E-state index contributed by atoms with van der Waals surface area (Å²) in [6.07, 6.45) is 4.33. The number of allylic oxidation sites excluding steroid dienone is 2. The topological polar surface area (TPSA) is 87.0 Å². The van der Waals surface area contributed by atoms with E-state index >= 15 is 0 Å². The van der Waals surface area contributed by atoms with E-state index in [-0.39, 0.29) is 5.91 Å². The monoisotopic (exact) mass is 386 g/mol. The maximum absolute atomic E-state index is 12.7. The third-order valence-electron chi connectivity index (χ3n) is 4.95. The highest BCUT2D eigenvalue weighted by Gasteiger charge is 2.30. The van der Waals surface area contributed by atoms with Crippen LogP contribution < -0.4 is 10.4 Å². The number of carboxylic acid groups (broad SMARTS) is 1. The molecule has 0 radical (unpaired) electrons. The van der Waals surface area contributed by atoms with Crippen LogP contribution in [0.15, 0.2) is 36.4 Å². The molecule has 0 unspecified atom stereocenters. The molecule has 2 atom stereocenters. The second kappa shape index (κ2) is 7.96. The highest BCUT2D eigenvalue weighted by atomic mass is 35.5. The first kappa shape index (κ1) is 19.2. The minimum Gasteiger partial charge on any atom is -0.550 e. The minimum absolute atomic E-state index is 0.314. The number of amides is 1. The van der Waals surface area contributed by atoms with Gasteiger partial charge in [0.15, 0.2) is 0 Å². The molecule has 142 valence electrons. The second-order valence-electron chi connectivity index (χ2n) is 6.79. The van der Waals surface area contributed by atoms with Crippen LogP contribution in [-0.2, 0) is 16.1 Å². The van der Waals surface area contributed by atoms with Gasteiger partial charge in [-0.1, -0.05) is 35.9 Å². The number of benzene rings is 1. The van der Waals surface area contributed by atoms with Crippen molar-refractivity contribution in [2.75, 3.05) is 5.32 Å². The lowest BCUT2D eigenvalue weighted by Crippen LogP contribution is -2.41. The van der Waals surface area contributed by atoms with Crippen molar-refractivity contribution in [1.82, 2.24) is 9.78 Å². The van der Waals surface area contributed by atoms with Gasteiger partial charge >= 0.3 is 0 Å². The summed E-state index contributed by atoms with van der Waals surface area (Å²) >= 11 is 5.92. The summed E-state index contributed by atoms with van der Waals surface area (Å²) in [5, 5.41) is 19.4. The maximum atomic E-state index is 12.7. The number of carboxylic acids is 1. The Labute approximate surface area is 162 Å². The van der Waals surface area contributed by atoms with E-state index in [0.29, 0.717) is 35.8 Å². The van der Waals surface area contributed by atoms with E-state index in [0.717, 1.165) is 11.3 Å². The molecule has 1 heterocycles. The number of hydrogen-bond acceptors (Lipinski definition) is 4. The fourth-order valence-electron chi connectivity index (χ4n) is 3.37. The van der Waals surface area contributed by atoms with Crippen LogP contribution in [0, 0.1) is 25.7 Å². The van der Waals surface area contributed by atoms with E-state index in [1.807, 2.05) is 48.9 Å². The quantitative estimate of drug-likeness (QED) is 0.799. The van der Waals surface area contributed by atoms with Crippen LogP contribution in [0.5, 0.6) is 0 Å². The number of nitrogens with zero attached hydrogens (tertiary/aromatic N) is 2. The molecule has 1 aromatic heterocycles. The Bertz CT molecular complexity index is 887. The van der Waals surface area contributed by atoms with Crippen LogP contribution >= 0.6 is 11.6 Å². The minimum atomic E-state index is -1.19. The van der Waals surface area contributed by atoms with Crippen molar-refractivity contribution in [2.45, 2.75) is 33.2 Å². The SMILES string of the molecule is Cc1nn(Cc2ccc(Cl)cc2)c(C)c1NC(=O)[C@@H]1CC=CC[C@H]1C(=O)[O-]. The molecule has 27 heavy (non-hydrogen) atoms. The Morgan fingerprint density at radius 2 is 1.81 bits per heavy atom. The standard InChI is InChI=1S/C20H22ClN3O3/c1-12-18(22-19(25)16-5-3-4-6-17(16)20(26)27)13(2)24(23-12)11-14-7-9-15(21)10-8-14/h3-4,7-10,16-17H,5-6,11H2,1-2H3,(H,22,25)(H,26,27)/p-1/t16-,17-/m1/s1. The summed E-state index contributed by atoms with van der Waals surface area (Å²) in [4.78, 5) is 24.0. The number of nitrogens with one attached hydrogen (secondary N) is 1. The van der Waals surface area contributed by atoms with Gasteiger partial charge < -0.3 is 15.2 Å². The zero-order chi connectivity index (χ0) is 19.6. The van der Waals surface area contributed by atoms with E-state index in [9.17, 15) is 14.7 Å². The van der Waals surface area contributed by atoms with Crippen molar-refractivity contribution >= 4 is 29.2 Å². The lowest BCUT2D eigenvalue weighted by atomic mass is 9.82. The predicted molar refractivity (Wildman–Crippen MR) is 101 cm³/mol. The summed E-state index contributed by atoms with van der Waals surface area (Å²) in [6, 6.07) is 7.50. The molecule has 6 nitrogen and oxygen atoms in total. The average molecular weight is 387 g/mol. The number of aryl methyl sites for hydroxylation is 1. The molecule has 0 fully saturated rings. The highest BCUT2D eigenvalue weighted by Crippen LogP contribution is 2.28. The first-order valence-electron chi connectivity index (χ1n) is 8.82. The Kier molecular flexibility index (Phi) is 5.65. The van der Waals surface area contributed by atoms with E-state index in [2.05, 4.69) is 10.4 Å². The largest absolute Gasteiger partial charge is 0.550 e. The van der Waals surface area contributed by atoms with Gasteiger partial charge in [0.2, 0.25) is 5.91 Å². The van der Waals surface area contributed by atoms with Crippen LogP contribution in [0.4, 0.5) is 5.69 Å². The van der Waals surface area contributed by atoms with Gasteiger partial charge in [-0.2, -0.15) is 5.10 Å². The van der Waals surface area contributed by atoms with Gasteiger partial charge in [-0.15, -0.1) is 0 Å². The molecular weight excluding hydrogens is 366 g/mol. The molecule has 0 saturated carbocycles. The lowest BCUT2D eigenvalue weighted by Gasteiger charge is -2.28. The molecular formula is C20H21ClN3O3-. The highest BCUT2D eigenvalue weighted by molar-refractivity contribution is 6.30. The number of aromatic nitrogens is 2. The number of carbonyl (C=O) groups excluding carboxylic acids is 2. The van der Waals surface area contributed by atoms with Gasteiger partial charge in [-0.25, -0.2) is 0 Å². The molecule has 1 aromatic carbocycles. The second-order valence-corrected chi connectivity index (χ2v) is 7.23. The van der Waals surface area contributed by atoms with Crippen LogP contribution in [-0.4, -0.2) is 21.7 Å². The van der Waals surface area contributed by atoms with Crippen LogP contribution in [0.1, 0.15) is 29.8 Å². The predicted octanol–water partition coefficient (Wildman–Crippen LogP) is 2.47. The Morgan fingerprint density at radius 3 is 2.44 bits per heavy atom. The Morgan fingerprint density at radius 1 is 1.19 bits per heavy atom. The first-order chi connectivity index (χ1) is 12.9. The van der Waals surface area contributed by atoms with Crippen molar-refractivity contribution in [3.63, 3.8) is 0 Å². The molecule has 1 amide bonds. The third-order valence-corrected chi connectivity index (χ3v) is 5.20. The van der Waals surface area contributed by atoms with E-state index in [4.69, 9.17) is 11.6 Å². The molecule has 0 bridgehead atoms. The molecule has 2 aromatic rings. The van der Waals surface area contributed by atoms with Gasteiger partial charge in [0.25, 0.3) is 0 Å². The number of rotatable bonds is 5. The zero-order valence-corrected chi connectivity index (χ0v) is 16.0. The van der Waals surface area contributed by atoms with Crippen LogP contribution in [0.2, 0.25) is 5.02 Å². The molecule has 1 aliphatic carbocycles. The summed E-state index contributed by atoms with van der Waals surface area (Å²) < 4.78 is 1.81. The van der Waals surface area contributed by atoms with E-state index in [1.54, 1.807) is 6.08 Å². The van der Waals surface area contributed by atoms with Crippen molar-refractivity contribution in [3.8, 4) is 0 Å². The van der Waals surface area contributed by atoms with Crippen LogP contribution in [0.25, 0.3) is 0 Å². The van der Waals surface area contributed by atoms with E-state index < -0.39 is 17.8 Å². The summed E-state index contributed by atoms with van der Waals surface area (Å²) in [5.41, 5.74) is 3.16. The molecule has 0 spiro atoms. The molecule has 1 N–H and O–H groups in total. The molecule has 0 aliphatic heterocycles. The Balaban J connectivity index is 1.78. The fraction of sp³-hybridized carbons (Fsp3) is 0.350. The summed E-state index contributed by atoms with van der Waals surface area (Å²) in [7, 11) is 0. The maximum Gasteiger partial charge on any atom is 0.228 e. The van der Waals surface area contributed by atoms with Crippen LogP contribution in [0.3, 0.4) is 0 Å². The Hall–Kier alpha value is -2.60. The number of anilines is 1. The van der Waals surface area contributed by atoms with Crippen molar-refractivity contribution in [1.29, 1.82) is 0 Å². The molecule has 1 aliphatic rings. The number of carbonyl (C=O) groups is 2. The van der Waals surface area contributed by atoms with Gasteiger partial charge in [0, 0.05) is 16.9 Å². The smallest absolute Gasteiger partial charge is 0.228 e. The molecule has 7 heteroatoms. The fourth-order valence-corrected chi connectivity index (χ4v) is 3.50. The van der Waals surface area contributed by atoms with Crippen molar-refractivity contribution < 1.29 is 14.7 Å². The third kappa shape index (κ3) is 4.22. The van der Waals surface area contributed by atoms with Gasteiger partial charge in [-0.05, 0) is 44.4 Å². The van der Waals surface area contributed by atoms with Gasteiger partial charge in [-0.3, -0.25) is 9.48 Å².